The lowest BCUT2D eigenvalue weighted by atomic mass is 10.4. The van der Waals surface area contributed by atoms with Crippen LogP contribution in [0.1, 0.15) is 12.8 Å². The van der Waals surface area contributed by atoms with Crippen molar-refractivity contribution in [3.05, 3.63) is 0 Å². The van der Waals surface area contributed by atoms with E-state index >= 15 is 0 Å². The molecule has 3 nitrogen and oxygen atoms in total. The van der Waals surface area contributed by atoms with E-state index in [9.17, 15) is 4.79 Å². The highest BCUT2D eigenvalue weighted by Crippen LogP contribution is 2.12. The Morgan fingerprint density at radius 2 is 2.50 bits per heavy atom. The molecule has 0 aromatic rings. The van der Waals surface area contributed by atoms with E-state index in [-0.39, 0.29) is 5.91 Å². The highest BCUT2D eigenvalue weighted by Gasteiger charge is 2.24. The lowest BCUT2D eigenvalue weighted by molar-refractivity contribution is -0.131. The van der Waals surface area contributed by atoms with Crippen molar-refractivity contribution in [1.82, 2.24) is 4.90 Å². The Morgan fingerprint density at radius 3 is 2.62 bits per heavy atom. The molecule has 1 unspecified atom stereocenters. The van der Waals surface area contributed by atoms with Crippen LogP contribution in [0.2, 0.25) is 0 Å². The van der Waals surface area contributed by atoms with Gasteiger partial charge in [-0.05, 0) is 0 Å². The van der Waals surface area contributed by atoms with Gasteiger partial charge in [-0.25, -0.2) is 0 Å². The van der Waals surface area contributed by atoms with Gasteiger partial charge in [-0.3, -0.25) is 4.79 Å². The monoisotopic (exact) mass is 115 g/mol. The molecule has 1 aliphatic rings. The van der Waals surface area contributed by atoms with Crippen LogP contribution in [0.4, 0.5) is 0 Å². The van der Waals surface area contributed by atoms with Gasteiger partial charge in [-0.2, -0.15) is 0 Å². The third kappa shape index (κ3) is 0.690. The Morgan fingerprint density at radius 1 is 1.88 bits per heavy atom. The summed E-state index contributed by atoms with van der Waals surface area (Å²) in [4.78, 5) is 11.9. The molecule has 1 atom stereocenters. The van der Waals surface area contributed by atoms with Crippen molar-refractivity contribution >= 4 is 5.91 Å². The van der Waals surface area contributed by atoms with Crippen molar-refractivity contribution in [3.8, 4) is 0 Å². The number of aliphatic hydroxyl groups excluding tert-OH is 1. The first kappa shape index (κ1) is 5.56. The van der Waals surface area contributed by atoms with Gasteiger partial charge in [0.25, 0.3) is 0 Å². The third-order valence-electron chi connectivity index (χ3n) is 1.46. The smallest absolute Gasteiger partial charge is 0.224 e. The number of hydrogen-bond donors (Lipinski definition) is 1. The Hall–Kier alpha value is -0.570. The molecule has 1 saturated heterocycles. The molecule has 0 aromatic heterocycles. The largest absolute Gasteiger partial charge is 0.374 e. The topological polar surface area (TPSA) is 40.5 Å². The summed E-state index contributed by atoms with van der Waals surface area (Å²) in [6, 6.07) is 0. The molecule has 1 fully saturated rings. The van der Waals surface area contributed by atoms with Crippen LogP contribution in [0.3, 0.4) is 0 Å². The summed E-state index contributed by atoms with van der Waals surface area (Å²) in [5.41, 5.74) is 0. The van der Waals surface area contributed by atoms with Gasteiger partial charge in [-0.1, -0.05) is 0 Å². The van der Waals surface area contributed by atoms with Gasteiger partial charge in [0.15, 0.2) is 0 Å². The predicted molar refractivity (Wildman–Crippen MR) is 28.0 cm³/mol. The number of rotatable bonds is 0. The van der Waals surface area contributed by atoms with E-state index in [0.717, 1.165) is 0 Å². The molecular weight excluding hydrogens is 106 g/mol. The average molecular weight is 115 g/mol. The molecule has 1 heterocycles. The summed E-state index contributed by atoms with van der Waals surface area (Å²) in [5.74, 6) is 0.0394. The van der Waals surface area contributed by atoms with Crippen LogP contribution >= 0.6 is 0 Å². The number of carbonyl (C=O) groups is 1. The van der Waals surface area contributed by atoms with Crippen molar-refractivity contribution in [3.63, 3.8) is 0 Å². The highest BCUT2D eigenvalue weighted by atomic mass is 16.3. The van der Waals surface area contributed by atoms with Crippen LogP contribution in [0, 0.1) is 0 Å². The first-order valence-corrected chi connectivity index (χ1v) is 2.65. The minimum Gasteiger partial charge on any atom is -0.374 e. The fourth-order valence-corrected chi connectivity index (χ4v) is 0.789. The van der Waals surface area contributed by atoms with Gasteiger partial charge in [-0.15, -0.1) is 0 Å². The number of aliphatic hydroxyl groups is 1. The third-order valence-corrected chi connectivity index (χ3v) is 1.46. The second kappa shape index (κ2) is 1.74. The van der Waals surface area contributed by atoms with Crippen LogP contribution in [-0.2, 0) is 4.79 Å². The number of nitrogens with zero attached hydrogens (tertiary/aromatic N) is 1. The first-order valence-electron chi connectivity index (χ1n) is 2.65. The number of amides is 1. The quantitative estimate of drug-likeness (QED) is 0.465. The maximum atomic E-state index is 10.6. The van der Waals surface area contributed by atoms with Crippen LogP contribution < -0.4 is 0 Å². The predicted octanol–water partition coefficient (Wildman–Crippen LogP) is -0.443. The summed E-state index contributed by atoms with van der Waals surface area (Å²) >= 11 is 0. The van der Waals surface area contributed by atoms with E-state index in [1.807, 2.05) is 0 Å². The summed E-state index contributed by atoms with van der Waals surface area (Å²) < 4.78 is 0. The Labute approximate surface area is 47.9 Å². The number of carbonyl (C=O) groups excluding carboxylic acids is 1. The van der Waals surface area contributed by atoms with Crippen molar-refractivity contribution < 1.29 is 9.90 Å². The summed E-state index contributed by atoms with van der Waals surface area (Å²) in [6.45, 7) is 0. The molecule has 0 radical (unpaired) electrons. The van der Waals surface area contributed by atoms with Crippen LogP contribution in [0.25, 0.3) is 0 Å². The van der Waals surface area contributed by atoms with Gasteiger partial charge >= 0.3 is 0 Å². The molecule has 1 aliphatic heterocycles. The summed E-state index contributed by atoms with van der Waals surface area (Å²) in [6.07, 6.45) is 0.565. The molecule has 0 aliphatic carbocycles. The minimum absolute atomic E-state index is 0.0394. The molecule has 1 amide bonds. The Balaban J connectivity index is 2.56. The maximum absolute atomic E-state index is 10.6. The van der Waals surface area contributed by atoms with Crippen LogP contribution in [0.15, 0.2) is 0 Å². The molecule has 46 valence electrons. The van der Waals surface area contributed by atoms with Crippen molar-refractivity contribution in [1.29, 1.82) is 0 Å². The zero-order valence-corrected chi connectivity index (χ0v) is 4.79. The standard InChI is InChI=1S/C5H9NO2/c1-6-4(7)2-3-5(6)8/h4,7H,2-3H2,1H3. The second-order valence-electron chi connectivity index (χ2n) is 2.02. The van der Waals surface area contributed by atoms with E-state index in [2.05, 4.69) is 0 Å². The molecule has 0 spiro atoms. The number of likely N-dealkylation sites (tertiary alicyclic amines) is 1. The minimum atomic E-state index is -0.525. The molecule has 1 N–H and O–H groups in total. The highest BCUT2D eigenvalue weighted by molar-refractivity contribution is 5.77. The molecule has 0 bridgehead atoms. The molecule has 8 heavy (non-hydrogen) atoms. The van der Waals surface area contributed by atoms with Crippen molar-refractivity contribution in [2.24, 2.45) is 0 Å². The van der Waals surface area contributed by atoms with E-state index < -0.39 is 6.23 Å². The first-order chi connectivity index (χ1) is 3.72. The van der Waals surface area contributed by atoms with Crippen molar-refractivity contribution in [2.45, 2.75) is 19.1 Å². The van der Waals surface area contributed by atoms with Gasteiger partial charge in [0, 0.05) is 19.9 Å². The Bertz CT molecular complexity index is 113. The van der Waals surface area contributed by atoms with E-state index in [4.69, 9.17) is 5.11 Å². The van der Waals surface area contributed by atoms with Crippen LogP contribution in [-0.4, -0.2) is 29.2 Å². The number of hydrogen-bond acceptors (Lipinski definition) is 2. The molecule has 0 saturated carbocycles. The lowest BCUT2D eigenvalue weighted by Crippen LogP contribution is -2.27. The van der Waals surface area contributed by atoms with E-state index in [0.29, 0.717) is 12.8 Å². The maximum Gasteiger partial charge on any atom is 0.224 e. The van der Waals surface area contributed by atoms with Gasteiger partial charge < -0.3 is 10.0 Å². The van der Waals surface area contributed by atoms with Gasteiger partial charge in [0.1, 0.15) is 6.23 Å². The van der Waals surface area contributed by atoms with Gasteiger partial charge in [0.2, 0.25) is 5.91 Å². The second-order valence-corrected chi connectivity index (χ2v) is 2.02. The molecule has 0 aromatic carbocycles. The summed E-state index contributed by atoms with van der Waals surface area (Å²) in [5, 5.41) is 8.87. The van der Waals surface area contributed by atoms with E-state index in [1.165, 1.54) is 4.90 Å². The molecule has 1 rings (SSSR count). The normalized spacial score (nSPS) is 29.5. The SMILES string of the molecule is CN1C(=O)CCC1O. The van der Waals surface area contributed by atoms with Crippen molar-refractivity contribution in [2.75, 3.05) is 7.05 Å². The fraction of sp³-hybridized carbons (Fsp3) is 0.800. The lowest BCUT2D eigenvalue weighted by Gasteiger charge is -2.11. The van der Waals surface area contributed by atoms with Crippen LogP contribution in [0.5, 0.6) is 0 Å². The Kier molecular flexibility index (Phi) is 1.21. The van der Waals surface area contributed by atoms with E-state index in [1.54, 1.807) is 7.05 Å². The van der Waals surface area contributed by atoms with Gasteiger partial charge in [0.05, 0.1) is 0 Å². The molecule has 3 heteroatoms. The zero-order valence-electron chi connectivity index (χ0n) is 4.79. The fourth-order valence-electron chi connectivity index (χ4n) is 0.789. The zero-order chi connectivity index (χ0) is 6.15. The summed E-state index contributed by atoms with van der Waals surface area (Å²) in [7, 11) is 1.61. The molecular formula is C5H9NO2. The average Bonchev–Trinajstić information content (AvgIpc) is 1.98.